The Hall–Kier alpha value is -1.88. The standard InChI is InChI=1S/C13H17N3O2/c14-16-13(18)3-1-2-9-4-6-11-10(8-9)5-7-12(17)15-11/h4,6,8H,1-3,5,7,14H2,(H,15,17)(H,16,18). The van der Waals surface area contributed by atoms with Crippen LogP contribution in [0.15, 0.2) is 18.2 Å². The molecule has 1 aromatic rings. The second-order valence-corrected chi connectivity index (χ2v) is 4.46. The number of hydrogen-bond acceptors (Lipinski definition) is 3. The van der Waals surface area contributed by atoms with Gasteiger partial charge in [0.1, 0.15) is 0 Å². The van der Waals surface area contributed by atoms with Gasteiger partial charge in [-0.2, -0.15) is 0 Å². The van der Waals surface area contributed by atoms with Crippen LogP contribution in [0.1, 0.15) is 30.4 Å². The van der Waals surface area contributed by atoms with Crippen LogP contribution < -0.4 is 16.6 Å². The number of anilines is 1. The average Bonchev–Trinajstić information content (AvgIpc) is 2.38. The van der Waals surface area contributed by atoms with E-state index in [0.29, 0.717) is 12.8 Å². The first-order valence-corrected chi connectivity index (χ1v) is 6.10. The number of carbonyl (C=O) groups excluding carboxylic acids is 2. The Kier molecular flexibility index (Phi) is 3.94. The monoisotopic (exact) mass is 247 g/mol. The maximum Gasteiger partial charge on any atom is 0.233 e. The second kappa shape index (κ2) is 5.64. The minimum Gasteiger partial charge on any atom is -0.326 e. The van der Waals surface area contributed by atoms with Crippen LogP contribution in [0.5, 0.6) is 0 Å². The van der Waals surface area contributed by atoms with Gasteiger partial charge in [0.2, 0.25) is 11.8 Å². The molecule has 5 nitrogen and oxygen atoms in total. The minimum atomic E-state index is -0.139. The molecule has 0 saturated heterocycles. The first kappa shape index (κ1) is 12.6. The van der Waals surface area contributed by atoms with Crippen LogP contribution in [0.25, 0.3) is 0 Å². The molecule has 0 atom stereocenters. The topological polar surface area (TPSA) is 84.2 Å². The van der Waals surface area contributed by atoms with E-state index in [9.17, 15) is 9.59 Å². The Labute approximate surface area is 106 Å². The molecule has 0 unspecified atom stereocenters. The van der Waals surface area contributed by atoms with Crippen molar-refractivity contribution in [1.29, 1.82) is 0 Å². The summed E-state index contributed by atoms with van der Waals surface area (Å²) in [6, 6.07) is 6.03. The molecule has 0 fully saturated rings. The van der Waals surface area contributed by atoms with Crippen LogP contribution in [-0.2, 0) is 22.4 Å². The Morgan fingerprint density at radius 3 is 3.00 bits per heavy atom. The lowest BCUT2D eigenvalue weighted by Gasteiger charge is -2.17. The summed E-state index contributed by atoms with van der Waals surface area (Å²) >= 11 is 0. The van der Waals surface area contributed by atoms with E-state index in [-0.39, 0.29) is 11.8 Å². The third-order valence-corrected chi connectivity index (χ3v) is 3.10. The summed E-state index contributed by atoms with van der Waals surface area (Å²) < 4.78 is 0. The third kappa shape index (κ3) is 3.07. The highest BCUT2D eigenvalue weighted by molar-refractivity contribution is 5.93. The molecule has 0 radical (unpaired) electrons. The Morgan fingerprint density at radius 1 is 1.39 bits per heavy atom. The molecule has 0 bridgehead atoms. The van der Waals surface area contributed by atoms with E-state index in [0.717, 1.165) is 24.9 Å². The van der Waals surface area contributed by atoms with E-state index in [1.165, 1.54) is 11.1 Å². The van der Waals surface area contributed by atoms with Crippen LogP contribution in [0, 0.1) is 0 Å². The molecule has 1 aliphatic heterocycles. The quantitative estimate of drug-likeness (QED) is 0.419. The maximum absolute atomic E-state index is 11.2. The highest BCUT2D eigenvalue weighted by atomic mass is 16.2. The summed E-state index contributed by atoms with van der Waals surface area (Å²) in [5.41, 5.74) is 5.40. The van der Waals surface area contributed by atoms with Crippen molar-refractivity contribution >= 4 is 17.5 Å². The SMILES string of the molecule is NNC(=O)CCCc1ccc2c(c1)CCC(=O)N2. The lowest BCUT2D eigenvalue weighted by atomic mass is 9.98. The number of hydrogen-bond donors (Lipinski definition) is 3. The first-order valence-electron chi connectivity index (χ1n) is 6.10. The molecule has 0 aromatic heterocycles. The number of amides is 2. The highest BCUT2D eigenvalue weighted by Crippen LogP contribution is 2.24. The molecular formula is C13H17N3O2. The summed E-state index contributed by atoms with van der Waals surface area (Å²) in [4.78, 5) is 22.2. The number of hydrazine groups is 1. The van der Waals surface area contributed by atoms with Crippen molar-refractivity contribution in [3.8, 4) is 0 Å². The van der Waals surface area contributed by atoms with Crippen LogP contribution >= 0.6 is 0 Å². The summed E-state index contributed by atoms with van der Waals surface area (Å²) in [6.07, 6.45) is 3.39. The van der Waals surface area contributed by atoms with Crippen molar-refractivity contribution in [2.45, 2.75) is 32.1 Å². The zero-order valence-electron chi connectivity index (χ0n) is 10.2. The first-order chi connectivity index (χ1) is 8.69. The molecular weight excluding hydrogens is 230 g/mol. The van der Waals surface area contributed by atoms with Gasteiger partial charge in [-0.1, -0.05) is 12.1 Å². The average molecular weight is 247 g/mol. The number of carbonyl (C=O) groups is 2. The summed E-state index contributed by atoms with van der Waals surface area (Å²) in [6.45, 7) is 0. The summed E-state index contributed by atoms with van der Waals surface area (Å²) in [5.74, 6) is 4.96. The molecule has 2 rings (SSSR count). The fourth-order valence-electron chi connectivity index (χ4n) is 2.12. The third-order valence-electron chi connectivity index (χ3n) is 3.10. The number of nitrogens with two attached hydrogens (primary N) is 1. The van der Waals surface area contributed by atoms with Crippen molar-refractivity contribution < 1.29 is 9.59 Å². The van der Waals surface area contributed by atoms with Gasteiger partial charge >= 0.3 is 0 Å². The molecule has 0 spiro atoms. The second-order valence-electron chi connectivity index (χ2n) is 4.46. The van der Waals surface area contributed by atoms with Crippen molar-refractivity contribution in [3.05, 3.63) is 29.3 Å². The Balaban J connectivity index is 1.95. The zero-order valence-corrected chi connectivity index (χ0v) is 10.2. The molecule has 1 aliphatic rings. The molecule has 0 saturated carbocycles. The molecule has 5 heteroatoms. The molecule has 18 heavy (non-hydrogen) atoms. The lowest BCUT2D eigenvalue weighted by molar-refractivity contribution is -0.121. The number of nitrogens with one attached hydrogen (secondary N) is 2. The Morgan fingerprint density at radius 2 is 2.22 bits per heavy atom. The largest absolute Gasteiger partial charge is 0.326 e. The molecule has 0 aliphatic carbocycles. The molecule has 1 aromatic carbocycles. The number of benzene rings is 1. The van der Waals surface area contributed by atoms with Crippen LogP contribution in [0.4, 0.5) is 5.69 Å². The van der Waals surface area contributed by atoms with Crippen molar-refractivity contribution in [3.63, 3.8) is 0 Å². The predicted molar refractivity (Wildman–Crippen MR) is 68.7 cm³/mol. The molecule has 96 valence electrons. The maximum atomic E-state index is 11.2. The van der Waals surface area contributed by atoms with E-state index in [4.69, 9.17) is 5.84 Å². The van der Waals surface area contributed by atoms with Crippen molar-refractivity contribution in [2.24, 2.45) is 5.84 Å². The van der Waals surface area contributed by atoms with Gasteiger partial charge in [-0.05, 0) is 36.5 Å². The summed E-state index contributed by atoms with van der Waals surface area (Å²) in [5, 5.41) is 2.85. The van der Waals surface area contributed by atoms with E-state index in [1.54, 1.807) is 0 Å². The molecule has 2 amide bonds. The zero-order chi connectivity index (χ0) is 13.0. The molecule has 1 heterocycles. The van der Waals surface area contributed by atoms with Gasteiger partial charge in [0, 0.05) is 18.5 Å². The van der Waals surface area contributed by atoms with Gasteiger partial charge < -0.3 is 5.32 Å². The van der Waals surface area contributed by atoms with Gasteiger partial charge in [0.15, 0.2) is 0 Å². The number of fused-ring (bicyclic) bond motifs is 1. The van der Waals surface area contributed by atoms with E-state index < -0.39 is 0 Å². The number of rotatable bonds is 4. The van der Waals surface area contributed by atoms with Crippen LogP contribution in [0.2, 0.25) is 0 Å². The van der Waals surface area contributed by atoms with Gasteiger partial charge in [0.25, 0.3) is 0 Å². The van der Waals surface area contributed by atoms with Gasteiger partial charge in [-0.25, -0.2) is 5.84 Å². The predicted octanol–water partition coefficient (Wildman–Crippen LogP) is 0.884. The Bertz CT molecular complexity index is 471. The van der Waals surface area contributed by atoms with Crippen LogP contribution in [0.3, 0.4) is 0 Å². The fraction of sp³-hybridized carbons (Fsp3) is 0.385. The lowest BCUT2D eigenvalue weighted by Crippen LogP contribution is -2.29. The van der Waals surface area contributed by atoms with E-state index in [1.807, 2.05) is 12.1 Å². The fourth-order valence-corrected chi connectivity index (χ4v) is 2.12. The van der Waals surface area contributed by atoms with Crippen molar-refractivity contribution in [1.82, 2.24) is 5.43 Å². The van der Waals surface area contributed by atoms with E-state index in [2.05, 4.69) is 16.8 Å². The normalized spacial score (nSPS) is 13.7. The van der Waals surface area contributed by atoms with Gasteiger partial charge in [-0.3, -0.25) is 15.0 Å². The number of aryl methyl sites for hydroxylation is 2. The highest BCUT2D eigenvalue weighted by Gasteiger charge is 2.14. The molecule has 4 N–H and O–H groups in total. The van der Waals surface area contributed by atoms with Crippen LogP contribution in [-0.4, -0.2) is 11.8 Å². The van der Waals surface area contributed by atoms with Gasteiger partial charge in [-0.15, -0.1) is 0 Å². The summed E-state index contributed by atoms with van der Waals surface area (Å²) in [7, 11) is 0. The minimum absolute atomic E-state index is 0.0786. The smallest absolute Gasteiger partial charge is 0.233 e. The van der Waals surface area contributed by atoms with Crippen molar-refractivity contribution in [2.75, 3.05) is 5.32 Å². The van der Waals surface area contributed by atoms with Gasteiger partial charge in [0.05, 0.1) is 0 Å². The van der Waals surface area contributed by atoms with E-state index >= 15 is 0 Å².